The van der Waals surface area contributed by atoms with E-state index >= 15 is 0 Å². The van der Waals surface area contributed by atoms with Gasteiger partial charge < -0.3 is 9.80 Å². The summed E-state index contributed by atoms with van der Waals surface area (Å²) >= 11 is 0. The van der Waals surface area contributed by atoms with Crippen molar-refractivity contribution in [2.75, 3.05) is 20.6 Å². The maximum Gasteiger partial charge on any atom is 0.312 e. The van der Waals surface area contributed by atoms with E-state index in [-0.39, 0.29) is 11.9 Å². The summed E-state index contributed by atoms with van der Waals surface area (Å²) in [7, 11) is 3.42. The molecule has 0 N–H and O–H groups in total. The molecular weight excluding hydrogens is 168 g/mol. The summed E-state index contributed by atoms with van der Waals surface area (Å²) in [5.74, 6) is 0.00282. The van der Waals surface area contributed by atoms with Crippen LogP contribution in [-0.4, -0.2) is 48.8 Å². The molecule has 1 unspecified atom stereocenters. The molecule has 1 rings (SSSR count). The molecular formula is C9H15N2O2. The van der Waals surface area contributed by atoms with Crippen molar-refractivity contribution >= 4 is 12.3 Å². The number of hydrogen-bond donors (Lipinski definition) is 0. The van der Waals surface area contributed by atoms with Gasteiger partial charge in [-0.15, -0.1) is 0 Å². The molecule has 73 valence electrons. The third kappa shape index (κ3) is 2.20. The number of carbonyl (C=O) groups is 1. The van der Waals surface area contributed by atoms with Crippen molar-refractivity contribution in [3.8, 4) is 0 Å². The molecule has 1 aliphatic heterocycles. The van der Waals surface area contributed by atoms with Crippen LogP contribution in [0.25, 0.3) is 0 Å². The van der Waals surface area contributed by atoms with E-state index in [0.29, 0.717) is 6.54 Å². The van der Waals surface area contributed by atoms with Crippen LogP contribution in [-0.2, 0) is 9.59 Å². The Morgan fingerprint density at radius 3 is 2.69 bits per heavy atom. The average Bonchev–Trinajstić information content (AvgIpc) is 2.16. The standard InChI is InChI=1S/C9H15N2O2/c1-10(2)9(13)8-5-3-4-6-11(8)7-12/h8H,3-6H2,1-2H3. The average molecular weight is 183 g/mol. The monoisotopic (exact) mass is 183 g/mol. The van der Waals surface area contributed by atoms with Crippen LogP contribution in [0.2, 0.25) is 0 Å². The summed E-state index contributed by atoms with van der Waals surface area (Å²) in [5, 5.41) is 0. The summed E-state index contributed by atoms with van der Waals surface area (Å²) in [6.07, 6.45) is 4.59. The Morgan fingerprint density at radius 1 is 1.46 bits per heavy atom. The lowest BCUT2D eigenvalue weighted by Gasteiger charge is -2.32. The van der Waals surface area contributed by atoms with Crippen LogP contribution in [0.4, 0.5) is 0 Å². The summed E-state index contributed by atoms with van der Waals surface area (Å²) in [6, 6.07) is -0.277. The Labute approximate surface area is 78.5 Å². The molecule has 1 fully saturated rings. The highest BCUT2D eigenvalue weighted by Crippen LogP contribution is 2.16. The van der Waals surface area contributed by atoms with Crippen molar-refractivity contribution < 1.29 is 9.59 Å². The number of amides is 2. The van der Waals surface area contributed by atoms with Gasteiger partial charge in [0.2, 0.25) is 5.91 Å². The first-order valence-corrected chi connectivity index (χ1v) is 4.52. The van der Waals surface area contributed by atoms with Crippen molar-refractivity contribution in [2.45, 2.75) is 25.3 Å². The number of likely N-dealkylation sites (tertiary alicyclic amines) is 1. The molecule has 1 heterocycles. The van der Waals surface area contributed by atoms with Gasteiger partial charge in [-0.2, -0.15) is 0 Å². The fourth-order valence-corrected chi connectivity index (χ4v) is 1.60. The molecule has 0 aromatic carbocycles. The van der Waals surface area contributed by atoms with Gasteiger partial charge in [0, 0.05) is 20.6 Å². The largest absolute Gasteiger partial charge is 0.347 e. The summed E-state index contributed by atoms with van der Waals surface area (Å²) in [4.78, 5) is 25.1. The zero-order chi connectivity index (χ0) is 9.84. The lowest BCUT2D eigenvalue weighted by Crippen LogP contribution is -2.48. The Hall–Kier alpha value is -1.06. The van der Waals surface area contributed by atoms with Crippen LogP contribution >= 0.6 is 0 Å². The molecule has 1 aliphatic rings. The van der Waals surface area contributed by atoms with Gasteiger partial charge in [0.05, 0.1) is 0 Å². The van der Waals surface area contributed by atoms with E-state index in [2.05, 4.69) is 0 Å². The minimum absolute atomic E-state index is 0.00282. The van der Waals surface area contributed by atoms with E-state index in [4.69, 9.17) is 0 Å². The maximum absolute atomic E-state index is 11.6. The first-order valence-electron chi connectivity index (χ1n) is 4.52. The van der Waals surface area contributed by atoms with Gasteiger partial charge in [0.15, 0.2) is 0 Å². The van der Waals surface area contributed by atoms with E-state index in [1.807, 2.05) is 6.41 Å². The number of rotatable bonds is 2. The van der Waals surface area contributed by atoms with E-state index in [1.54, 1.807) is 14.1 Å². The number of nitrogens with zero attached hydrogens (tertiary/aromatic N) is 2. The van der Waals surface area contributed by atoms with Gasteiger partial charge in [-0.1, -0.05) is 0 Å². The second-order valence-corrected chi connectivity index (χ2v) is 3.53. The van der Waals surface area contributed by atoms with Gasteiger partial charge in [-0.25, -0.2) is 0 Å². The van der Waals surface area contributed by atoms with Gasteiger partial charge in [0.25, 0.3) is 0 Å². The van der Waals surface area contributed by atoms with Gasteiger partial charge >= 0.3 is 6.41 Å². The predicted octanol–water partition coefficient (Wildman–Crippen LogP) is -0.00370. The molecule has 2 amide bonds. The van der Waals surface area contributed by atoms with Crippen molar-refractivity contribution in [3.63, 3.8) is 0 Å². The third-order valence-corrected chi connectivity index (χ3v) is 2.35. The van der Waals surface area contributed by atoms with Crippen LogP contribution in [0, 0.1) is 0 Å². The molecule has 0 saturated carbocycles. The fraction of sp³-hybridized carbons (Fsp3) is 0.778. The molecule has 1 saturated heterocycles. The molecule has 4 heteroatoms. The number of carbonyl (C=O) groups excluding carboxylic acids is 2. The highest BCUT2D eigenvalue weighted by molar-refractivity contribution is 5.83. The second-order valence-electron chi connectivity index (χ2n) is 3.53. The Balaban J connectivity index is 2.63. The van der Waals surface area contributed by atoms with E-state index in [9.17, 15) is 9.59 Å². The topological polar surface area (TPSA) is 40.6 Å². The van der Waals surface area contributed by atoms with Crippen LogP contribution in [0.5, 0.6) is 0 Å². The van der Waals surface area contributed by atoms with Gasteiger partial charge in [-0.05, 0) is 19.3 Å². The Bertz CT molecular complexity index is 204. The SMILES string of the molecule is CN(C)C(=O)C1CCCCN1[C]=O. The first-order chi connectivity index (χ1) is 6.16. The number of piperidine rings is 1. The number of likely N-dealkylation sites (N-methyl/N-ethyl adjacent to an activating group) is 1. The minimum atomic E-state index is -0.277. The molecule has 0 aromatic rings. The van der Waals surface area contributed by atoms with Gasteiger partial charge in [0.1, 0.15) is 6.04 Å². The Morgan fingerprint density at radius 2 is 2.15 bits per heavy atom. The van der Waals surface area contributed by atoms with Crippen LogP contribution < -0.4 is 0 Å². The summed E-state index contributed by atoms with van der Waals surface area (Å²) in [5.41, 5.74) is 0. The third-order valence-electron chi connectivity index (χ3n) is 2.35. The lowest BCUT2D eigenvalue weighted by molar-refractivity contribution is -0.133. The zero-order valence-corrected chi connectivity index (χ0v) is 8.12. The van der Waals surface area contributed by atoms with Crippen LogP contribution in [0.15, 0.2) is 0 Å². The minimum Gasteiger partial charge on any atom is -0.347 e. The molecule has 0 aromatic heterocycles. The molecule has 0 spiro atoms. The molecule has 4 nitrogen and oxygen atoms in total. The molecule has 0 bridgehead atoms. The van der Waals surface area contributed by atoms with Crippen molar-refractivity contribution in [1.82, 2.24) is 9.80 Å². The molecule has 1 atom stereocenters. The highest BCUT2D eigenvalue weighted by atomic mass is 16.2. The van der Waals surface area contributed by atoms with Gasteiger partial charge in [-0.3, -0.25) is 9.59 Å². The molecule has 1 radical (unpaired) electrons. The molecule has 13 heavy (non-hydrogen) atoms. The first kappa shape index (κ1) is 10.0. The van der Waals surface area contributed by atoms with E-state index in [0.717, 1.165) is 19.3 Å². The quantitative estimate of drug-likeness (QED) is 0.604. The summed E-state index contributed by atoms with van der Waals surface area (Å²) < 4.78 is 0. The smallest absolute Gasteiger partial charge is 0.312 e. The van der Waals surface area contributed by atoms with Crippen LogP contribution in [0.1, 0.15) is 19.3 Å². The fourth-order valence-electron chi connectivity index (χ4n) is 1.60. The summed E-state index contributed by atoms with van der Waals surface area (Å²) in [6.45, 7) is 0.660. The zero-order valence-electron chi connectivity index (χ0n) is 8.12. The van der Waals surface area contributed by atoms with Crippen molar-refractivity contribution in [3.05, 3.63) is 0 Å². The maximum atomic E-state index is 11.6. The van der Waals surface area contributed by atoms with Crippen molar-refractivity contribution in [1.29, 1.82) is 0 Å². The van der Waals surface area contributed by atoms with E-state index in [1.165, 1.54) is 9.80 Å². The predicted molar refractivity (Wildman–Crippen MR) is 48.7 cm³/mol. The molecule has 0 aliphatic carbocycles. The highest BCUT2D eigenvalue weighted by Gasteiger charge is 2.28. The number of hydrogen-bond acceptors (Lipinski definition) is 2. The Kier molecular flexibility index (Phi) is 3.28. The normalized spacial score (nSPS) is 22.6. The lowest BCUT2D eigenvalue weighted by atomic mass is 10.0. The van der Waals surface area contributed by atoms with E-state index < -0.39 is 0 Å². The second kappa shape index (κ2) is 4.25. The van der Waals surface area contributed by atoms with Crippen LogP contribution in [0.3, 0.4) is 0 Å². The van der Waals surface area contributed by atoms with Crippen molar-refractivity contribution in [2.24, 2.45) is 0 Å².